The Balaban J connectivity index is 1.96. The number of H-pyrrole nitrogens is 1. The van der Waals surface area contributed by atoms with Gasteiger partial charge in [-0.25, -0.2) is 0 Å². The number of hydrogen-bond donors (Lipinski definition) is 3. The molecule has 0 radical (unpaired) electrons. The van der Waals surface area contributed by atoms with Gasteiger partial charge >= 0.3 is 0 Å². The van der Waals surface area contributed by atoms with Crippen molar-refractivity contribution >= 4 is 11.3 Å². The maximum absolute atomic E-state index is 9.90. The molecule has 1 unspecified atom stereocenters. The van der Waals surface area contributed by atoms with Crippen LogP contribution in [0.2, 0.25) is 0 Å². The molecule has 8 heteroatoms. The molecule has 1 aliphatic heterocycles. The highest BCUT2D eigenvalue weighted by Gasteiger charge is 2.36. The van der Waals surface area contributed by atoms with E-state index in [4.69, 9.17) is 15.2 Å². The lowest BCUT2D eigenvalue weighted by Crippen LogP contribution is -2.21. The van der Waals surface area contributed by atoms with Crippen LogP contribution in [0.25, 0.3) is 10.6 Å². The second-order valence-corrected chi connectivity index (χ2v) is 6.60. The van der Waals surface area contributed by atoms with Gasteiger partial charge in [0, 0.05) is 0 Å². The third-order valence-corrected chi connectivity index (χ3v) is 5.13. The Labute approximate surface area is 152 Å². The third kappa shape index (κ3) is 2.37. The van der Waals surface area contributed by atoms with Crippen LogP contribution >= 0.6 is 11.3 Å². The number of rotatable bonds is 3. The smallest absolute Gasteiger partial charge is 0.244 e. The number of hydrogen-bond acceptors (Lipinski definition) is 7. The molecule has 7 nitrogen and oxygen atoms in total. The molecule has 3 heterocycles. The van der Waals surface area contributed by atoms with Gasteiger partial charge in [-0.15, -0.1) is 16.4 Å². The van der Waals surface area contributed by atoms with Crippen molar-refractivity contribution in [3.05, 3.63) is 58.3 Å². The van der Waals surface area contributed by atoms with Gasteiger partial charge in [0.25, 0.3) is 0 Å². The highest BCUT2D eigenvalue weighted by atomic mass is 32.1. The average molecular weight is 366 g/mol. The second kappa shape index (κ2) is 6.13. The summed E-state index contributed by atoms with van der Waals surface area (Å²) in [6.07, 6.45) is 0. The minimum absolute atomic E-state index is 0.0151. The van der Waals surface area contributed by atoms with Crippen LogP contribution in [0.15, 0.2) is 47.2 Å². The SMILES string of the molecule is COc1cc(C2C(C#N)=C(N)Oc3n[nH]c(-c4cccs4)c32)ccc1O. The number of allylic oxidation sites excluding steroid dienone is 1. The number of ether oxygens (including phenoxy) is 2. The van der Waals surface area contributed by atoms with E-state index in [2.05, 4.69) is 16.3 Å². The molecule has 3 aromatic rings. The highest BCUT2D eigenvalue weighted by Crippen LogP contribution is 2.47. The van der Waals surface area contributed by atoms with Crippen LogP contribution in [0.1, 0.15) is 17.0 Å². The predicted octanol–water partition coefficient (Wildman–Crippen LogP) is 3.07. The molecule has 1 aromatic carbocycles. The summed E-state index contributed by atoms with van der Waals surface area (Å²) in [5.74, 6) is 0.189. The Bertz CT molecular complexity index is 1050. The van der Waals surface area contributed by atoms with Crippen molar-refractivity contribution in [1.29, 1.82) is 5.26 Å². The van der Waals surface area contributed by atoms with Crippen molar-refractivity contribution in [2.24, 2.45) is 5.73 Å². The van der Waals surface area contributed by atoms with Crippen LogP contribution in [-0.2, 0) is 0 Å². The Kier molecular flexibility index (Phi) is 3.78. The lowest BCUT2D eigenvalue weighted by molar-refractivity contribution is 0.371. The van der Waals surface area contributed by atoms with Gasteiger partial charge in [0.15, 0.2) is 11.5 Å². The van der Waals surface area contributed by atoms with Gasteiger partial charge in [0.05, 0.1) is 29.2 Å². The number of phenols is 1. The first kappa shape index (κ1) is 16.1. The fourth-order valence-corrected chi connectivity index (χ4v) is 3.80. The van der Waals surface area contributed by atoms with Crippen LogP contribution in [0.4, 0.5) is 0 Å². The summed E-state index contributed by atoms with van der Waals surface area (Å²) in [6, 6.07) is 11.0. The van der Waals surface area contributed by atoms with Crippen molar-refractivity contribution in [2.45, 2.75) is 5.92 Å². The number of benzene rings is 1. The first-order chi connectivity index (χ1) is 12.6. The Morgan fingerprint density at radius 3 is 2.96 bits per heavy atom. The summed E-state index contributed by atoms with van der Waals surface area (Å²) < 4.78 is 10.8. The van der Waals surface area contributed by atoms with Crippen molar-refractivity contribution in [1.82, 2.24) is 10.2 Å². The number of aromatic hydroxyl groups is 1. The summed E-state index contributed by atoms with van der Waals surface area (Å²) in [5.41, 5.74) is 8.48. The molecule has 0 amide bonds. The number of fused-ring (bicyclic) bond motifs is 1. The van der Waals surface area contributed by atoms with Crippen molar-refractivity contribution in [3.63, 3.8) is 0 Å². The van der Waals surface area contributed by atoms with Gasteiger partial charge in [0.2, 0.25) is 11.8 Å². The van der Waals surface area contributed by atoms with E-state index in [1.54, 1.807) is 23.5 Å². The van der Waals surface area contributed by atoms with Gasteiger partial charge < -0.3 is 20.3 Å². The van der Waals surface area contributed by atoms with Crippen molar-refractivity contribution < 1.29 is 14.6 Å². The molecular formula is C18H14N4O3S. The predicted molar refractivity (Wildman–Crippen MR) is 95.9 cm³/mol. The molecule has 130 valence electrons. The Morgan fingerprint density at radius 2 is 2.27 bits per heavy atom. The molecule has 0 saturated carbocycles. The van der Waals surface area contributed by atoms with E-state index in [9.17, 15) is 10.4 Å². The van der Waals surface area contributed by atoms with Crippen LogP contribution < -0.4 is 15.2 Å². The fourth-order valence-electron chi connectivity index (χ4n) is 3.06. The van der Waals surface area contributed by atoms with Crippen molar-refractivity contribution in [3.8, 4) is 34.0 Å². The topological polar surface area (TPSA) is 117 Å². The van der Waals surface area contributed by atoms with Gasteiger partial charge in [-0.3, -0.25) is 5.10 Å². The van der Waals surface area contributed by atoms with E-state index in [0.717, 1.165) is 21.7 Å². The van der Waals surface area contributed by atoms with E-state index < -0.39 is 5.92 Å². The molecule has 1 aliphatic rings. The summed E-state index contributed by atoms with van der Waals surface area (Å²) in [6.45, 7) is 0. The molecular weight excluding hydrogens is 352 g/mol. The van der Waals surface area contributed by atoms with Crippen LogP contribution in [0.5, 0.6) is 17.4 Å². The lowest BCUT2D eigenvalue weighted by atomic mass is 9.83. The first-order valence-corrected chi connectivity index (χ1v) is 8.58. The van der Waals surface area contributed by atoms with Crippen LogP contribution in [0.3, 0.4) is 0 Å². The van der Waals surface area contributed by atoms with Crippen molar-refractivity contribution in [2.75, 3.05) is 7.11 Å². The van der Waals surface area contributed by atoms with Gasteiger partial charge in [0.1, 0.15) is 11.6 Å². The normalized spacial score (nSPS) is 15.9. The monoisotopic (exact) mass is 366 g/mol. The molecule has 26 heavy (non-hydrogen) atoms. The Morgan fingerprint density at radius 1 is 1.42 bits per heavy atom. The molecule has 0 saturated heterocycles. The number of methoxy groups -OCH3 is 1. The minimum atomic E-state index is -0.492. The van der Waals surface area contributed by atoms with E-state index in [1.807, 2.05) is 17.5 Å². The van der Waals surface area contributed by atoms with E-state index in [0.29, 0.717) is 11.6 Å². The second-order valence-electron chi connectivity index (χ2n) is 5.65. The van der Waals surface area contributed by atoms with Crippen LogP contribution in [0, 0.1) is 11.3 Å². The number of thiophene rings is 1. The highest BCUT2D eigenvalue weighted by molar-refractivity contribution is 7.13. The molecule has 2 aromatic heterocycles. The largest absolute Gasteiger partial charge is 0.504 e. The summed E-state index contributed by atoms with van der Waals surface area (Å²) in [4.78, 5) is 0.968. The molecule has 4 N–H and O–H groups in total. The molecule has 0 aliphatic carbocycles. The van der Waals surface area contributed by atoms with Gasteiger partial charge in [-0.05, 0) is 29.1 Å². The van der Waals surface area contributed by atoms with E-state index in [-0.39, 0.29) is 17.2 Å². The summed E-state index contributed by atoms with van der Waals surface area (Å²) >= 11 is 1.55. The number of nitrogens with two attached hydrogens (primary N) is 1. The average Bonchev–Trinajstić information content (AvgIpc) is 3.30. The quantitative estimate of drug-likeness (QED) is 0.656. The molecule has 4 rings (SSSR count). The maximum atomic E-state index is 9.90. The fraction of sp³-hybridized carbons (Fsp3) is 0.111. The standard InChI is InChI=1S/C18H14N4O3S/c1-24-12-7-9(4-5-11(12)23)14-10(8-19)17(20)25-18-15(14)16(21-22-18)13-3-2-6-26-13/h2-7,14,23H,20H2,1H3,(H,21,22). The molecule has 0 spiro atoms. The van der Waals surface area contributed by atoms with E-state index >= 15 is 0 Å². The molecule has 0 bridgehead atoms. The molecule has 0 fully saturated rings. The van der Waals surface area contributed by atoms with Gasteiger partial charge in [-0.1, -0.05) is 12.1 Å². The summed E-state index contributed by atoms with van der Waals surface area (Å²) in [7, 11) is 1.47. The number of nitrogens with one attached hydrogen (secondary N) is 1. The zero-order valence-electron chi connectivity index (χ0n) is 13.7. The number of aromatic nitrogens is 2. The number of nitriles is 1. The third-order valence-electron chi connectivity index (χ3n) is 4.24. The number of nitrogens with zero attached hydrogens (tertiary/aromatic N) is 2. The Hall–Kier alpha value is -3.44. The van der Waals surface area contributed by atoms with Crippen LogP contribution in [-0.4, -0.2) is 22.4 Å². The lowest BCUT2D eigenvalue weighted by Gasteiger charge is -2.24. The minimum Gasteiger partial charge on any atom is -0.504 e. The first-order valence-electron chi connectivity index (χ1n) is 7.70. The maximum Gasteiger partial charge on any atom is 0.244 e. The van der Waals surface area contributed by atoms with E-state index in [1.165, 1.54) is 13.2 Å². The van der Waals surface area contributed by atoms with Gasteiger partial charge in [-0.2, -0.15) is 5.26 Å². The number of aromatic amines is 1. The summed E-state index contributed by atoms with van der Waals surface area (Å²) in [5, 5.41) is 28.8. The molecule has 1 atom stereocenters. The zero-order chi connectivity index (χ0) is 18.3. The zero-order valence-corrected chi connectivity index (χ0v) is 14.5. The number of phenolic OH excluding ortho intramolecular Hbond substituents is 1.